The van der Waals surface area contributed by atoms with E-state index in [1.165, 1.54) is 6.07 Å². The summed E-state index contributed by atoms with van der Waals surface area (Å²) in [6, 6.07) is 2.23. The van der Waals surface area contributed by atoms with E-state index in [9.17, 15) is 18.3 Å². The van der Waals surface area contributed by atoms with E-state index in [1.54, 1.807) is 0 Å². The number of phenols is 1. The predicted octanol–water partition coefficient (Wildman–Crippen LogP) is 3.49. The molecular formula is C11H11ClF3NO. The highest BCUT2D eigenvalue weighted by Gasteiger charge is 2.36. The maximum atomic E-state index is 12.7. The molecule has 0 spiro atoms. The summed E-state index contributed by atoms with van der Waals surface area (Å²) in [5.41, 5.74) is -0.605. The SMILES string of the molecule is Oc1c(Cl)cc(C2CCCN2)cc1C(F)(F)F. The Bertz CT molecular complexity index is 427. The van der Waals surface area contributed by atoms with Crippen molar-refractivity contribution in [1.82, 2.24) is 5.32 Å². The topological polar surface area (TPSA) is 32.3 Å². The summed E-state index contributed by atoms with van der Waals surface area (Å²) in [4.78, 5) is 0. The average Bonchev–Trinajstić information content (AvgIpc) is 2.73. The molecule has 2 nitrogen and oxygen atoms in total. The van der Waals surface area contributed by atoms with Gasteiger partial charge < -0.3 is 10.4 Å². The van der Waals surface area contributed by atoms with Gasteiger partial charge in [0.05, 0.1) is 10.6 Å². The molecule has 17 heavy (non-hydrogen) atoms. The number of hydrogen-bond acceptors (Lipinski definition) is 2. The molecule has 1 aliphatic rings. The molecule has 1 fully saturated rings. The Morgan fingerprint density at radius 3 is 2.59 bits per heavy atom. The van der Waals surface area contributed by atoms with E-state index < -0.39 is 17.5 Å². The predicted molar refractivity (Wildman–Crippen MR) is 58.1 cm³/mol. The summed E-state index contributed by atoms with van der Waals surface area (Å²) in [7, 11) is 0. The zero-order chi connectivity index (χ0) is 12.6. The van der Waals surface area contributed by atoms with Crippen LogP contribution in [-0.2, 0) is 6.18 Å². The fourth-order valence-electron chi connectivity index (χ4n) is 2.01. The molecule has 1 saturated heterocycles. The summed E-state index contributed by atoms with van der Waals surface area (Å²) < 4.78 is 38.0. The van der Waals surface area contributed by atoms with Crippen LogP contribution in [0.5, 0.6) is 5.75 Å². The second kappa shape index (κ2) is 4.38. The van der Waals surface area contributed by atoms with E-state index >= 15 is 0 Å². The van der Waals surface area contributed by atoms with Gasteiger partial charge in [0, 0.05) is 6.04 Å². The van der Waals surface area contributed by atoms with Crippen LogP contribution >= 0.6 is 11.6 Å². The Balaban J connectivity index is 2.45. The van der Waals surface area contributed by atoms with Crippen LogP contribution in [-0.4, -0.2) is 11.7 Å². The molecule has 0 aliphatic carbocycles. The molecule has 6 heteroatoms. The van der Waals surface area contributed by atoms with Crippen molar-refractivity contribution in [3.05, 3.63) is 28.3 Å². The molecule has 2 N–H and O–H groups in total. The number of alkyl halides is 3. The third-order valence-electron chi connectivity index (χ3n) is 2.85. The lowest BCUT2D eigenvalue weighted by atomic mass is 10.0. The minimum atomic E-state index is -4.59. The molecule has 1 atom stereocenters. The Kier molecular flexibility index (Phi) is 3.23. The lowest BCUT2D eigenvalue weighted by molar-refractivity contribution is -0.138. The van der Waals surface area contributed by atoms with Crippen molar-refractivity contribution in [3.63, 3.8) is 0 Å². The minimum Gasteiger partial charge on any atom is -0.506 e. The first kappa shape index (κ1) is 12.5. The maximum Gasteiger partial charge on any atom is 0.420 e. The minimum absolute atomic E-state index is 0.116. The number of benzene rings is 1. The van der Waals surface area contributed by atoms with Gasteiger partial charge in [0.1, 0.15) is 5.75 Å². The van der Waals surface area contributed by atoms with Crippen molar-refractivity contribution >= 4 is 11.6 Å². The Morgan fingerprint density at radius 2 is 2.06 bits per heavy atom. The van der Waals surface area contributed by atoms with Crippen LogP contribution in [0.4, 0.5) is 13.2 Å². The summed E-state index contributed by atoms with van der Waals surface area (Å²) in [5.74, 6) is -0.902. The first-order valence-corrected chi connectivity index (χ1v) is 5.60. The molecule has 1 heterocycles. The van der Waals surface area contributed by atoms with Gasteiger partial charge in [0.25, 0.3) is 0 Å². The summed E-state index contributed by atoms with van der Waals surface area (Å²) in [6.07, 6.45) is -2.90. The van der Waals surface area contributed by atoms with Crippen LogP contribution in [0.2, 0.25) is 5.02 Å². The van der Waals surface area contributed by atoms with Crippen LogP contribution in [0.15, 0.2) is 12.1 Å². The highest BCUT2D eigenvalue weighted by Crippen LogP contribution is 2.42. The molecule has 0 aromatic heterocycles. The van der Waals surface area contributed by atoms with Crippen LogP contribution in [0.25, 0.3) is 0 Å². The second-order valence-electron chi connectivity index (χ2n) is 4.05. The molecule has 94 valence electrons. The highest BCUT2D eigenvalue weighted by atomic mass is 35.5. The van der Waals surface area contributed by atoms with E-state index in [1.807, 2.05) is 0 Å². The fourth-order valence-corrected chi connectivity index (χ4v) is 2.23. The molecular weight excluding hydrogens is 255 g/mol. The van der Waals surface area contributed by atoms with Crippen LogP contribution < -0.4 is 5.32 Å². The van der Waals surface area contributed by atoms with Crippen molar-refractivity contribution < 1.29 is 18.3 Å². The lowest BCUT2D eigenvalue weighted by Gasteiger charge is -2.16. The number of nitrogens with one attached hydrogen (secondary N) is 1. The van der Waals surface area contributed by atoms with Gasteiger partial charge in [0.15, 0.2) is 0 Å². The number of phenolic OH excluding ortho intramolecular Hbond substituents is 1. The monoisotopic (exact) mass is 265 g/mol. The number of halogens is 4. The number of aromatic hydroxyl groups is 1. The first-order valence-electron chi connectivity index (χ1n) is 5.22. The van der Waals surface area contributed by atoms with Crippen LogP contribution in [0.3, 0.4) is 0 Å². The second-order valence-corrected chi connectivity index (χ2v) is 4.45. The quantitative estimate of drug-likeness (QED) is 0.815. The van der Waals surface area contributed by atoms with Crippen molar-refractivity contribution in [2.45, 2.75) is 25.1 Å². The zero-order valence-corrected chi connectivity index (χ0v) is 9.57. The summed E-state index contributed by atoms with van der Waals surface area (Å²) >= 11 is 5.63. The number of hydrogen-bond donors (Lipinski definition) is 2. The third-order valence-corrected chi connectivity index (χ3v) is 3.14. The molecule has 1 aromatic rings. The van der Waals surface area contributed by atoms with Crippen LogP contribution in [0, 0.1) is 0 Å². The Hall–Kier alpha value is -0.940. The van der Waals surface area contributed by atoms with E-state index in [2.05, 4.69) is 5.32 Å². The Labute approximate surface area is 101 Å². The molecule has 1 unspecified atom stereocenters. The van der Waals surface area contributed by atoms with E-state index in [0.29, 0.717) is 5.56 Å². The molecule has 0 bridgehead atoms. The first-order chi connectivity index (χ1) is 7.89. The molecule has 1 aromatic carbocycles. The third kappa shape index (κ3) is 2.50. The van der Waals surface area contributed by atoms with Crippen molar-refractivity contribution in [2.75, 3.05) is 6.54 Å². The van der Waals surface area contributed by atoms with Gasteiger partial charge in [-0.25, -0.2) is 0 Å². The Morgan fingerprint density at radius 1 is 1.35 bits per heavy atom. The van der Waals surface area contributed by atoms with Crippen molar-refractivity contribution in [2.24, 2.45) is 0 Å². The van der Waals surface area contributed by atoms with Gasteiger partial charge in [-0.3, -0.25) is 0 Å². The van der Waals surface area contributed by atoms with Gasteiger partial charge in [-0.1, -0.05) is 11.6 Å². The maximum absolute atomic E-state index is 12.7. The summed E-state index contributed by atoms with van der Waals surface area (Å²) in [6.45, 7) is 0.782. The van der Waals surface area contributed by atoms with Gasteiger partial charge in [-0.2, -0.15) is 13.2 Å². The van der Waals surface area contributed by atoms with E-state index in [-0.39, 0.29) is 11.1 Å². The molecule has 0 radical (unpaired) electrons. The molecule has 2 rings (SSSR count). The lowest BCUT2D eigenvalue weighted by Crippen LogP contribution is -2.14. The van der Waals surface area contributed by atoms with Crippen molar-refractivity contribution in [1.29, 1.82) is 0 Å². The highest BCUT2D eigenvalue weighted by molar-refractivity contribution is 6.32. The fraction of sp³-hybridized carbons (Fsp3) is 0.455. The van der Waals surface area contributed by atoms with E-state index in [4.69, 9.17) is 11.6 Å². The largest absolute Gasteiger partial charge is 0.506 e. The van der Waals surface area contributed by atoms with E-state index in [0.717, 1.165) is 25.5 Å². The summed E-state index contributed by atoms with van der Waals surface area (Å²) in [5, 5.41) is 12.2. The van der Waals surface area contributed by atoms with Gasteiger partial charge in [-0.05, 0) is 37.1 Å². The van der Waals surface area contributed by atoms with Gasteiger partial charge in [-0.15, -0.1) is 0 Å². The standard InChI is InChI=1S/C11H11ClF3NO/c12-8-5-6(9-2-1-3-16-9)4-7(10(8)17)11(13,14)15/h4-5,9,16-17H,1-3H2. The molecule has 1 aliphatic heterocycles. The smallest absolute Gasteiger partial charge is 0.420 e. The van der Waals surface area contributed by atoms with Crippen LogP contribution in [0.1, 0.15) is 30.0 Å². The molecule has 0 amide bonds. The van der Waals surface area contributed by atoms with Gasteiger partial charge in [0.2, 0.25) is 0 Å². The van der Waals surface area contributed by atoms with Crippen molar-refractivity contribution in [3.8, 4) is 5.75 Å². The zero-order valence-electron chi connectivity index (χ0n) is 8.81. The average molecular weight is 266 g/mol. The molecule has 0 saturated carbocycles. The van der Waals surface area contributed by atoms with Gasteiger partial charge >= 0.3 is 6.18 Å². The number of rotatable bonds is 1. The normalized spacial score (nSPS) is 20.8.